The minimum Gasteiger partial charge on any atom is -0.465 e. The second kappa shape index (κ2) is 6.10. The predicted octanol–water partition coefficient (Wildman–Crippen LogP) is 1.44. The van der Waals surface area contributed by atoms with Crippen LogP contribution in [0.3, 0.4) is 0 Å². The lowest BCUT2D eigenvalue weighted by Crippen LogP contribution is -2.09. The summed E-state index contributed by atoms with van der Waals surface area (Å²) < 4.78 is 6.46. The van der Waals surface area contributed by atoms with Gasteiger partial charge in [-0.3, -0.25) is 4.68 Å². The van der Waals surface area contributed by atoms with Crippen molar-refractivity contribution in [2.24, 2.45) is 7.05 Å². The molecule has 106 valence electrons. The van der Waals surface area contributed by atoms with E-state index in [-0.39, 0.29) is 0 Å². The number of nitrogens with zero attached hydrogens (tertiary/aromatic N) is 2. The molecule has 0 aliphatic heterocycles. The van der Waals surface area contributed by atoms with E-state index in [2.05, 4.69) is 10.4 Å². The van der Waals surface area contributed by atoms with Crippen LogP contribution in [0.5, 0.6) is 0 Å². The Balaban J connectivity index is 1.97. The summed E-state index contributed by atoms with van der Waals surface area (Å²) >= 11 is 0. The Labute approximate surface area is 117 Å². The topological polar surface area (TPSA) is 82.2 Å². The van der Waals surface area contributed by atoms with Gasteiger partial charge in [-0.15, -0.1) is 0 Å². The highest BCUT2D eigenvalue weighted by Gasteiger charge is 2.10. The summed E-state index contributed by atoms with van der Waals surface area (Å²) in [5.41, 5.74) is 8.53. The molecule has 2 rings (SSSR count). The van der Waals surface area contributed by atoms with Gasteiger partial charge in [-0.2, -0.15) is 5.10 Å². The maximum absolute atomic E-state index is 11.5. The fourth-order valence-electron chi connectivity index (χ4n) is 1.91. The number of nitrogen functional groups attached to an aromatic ring is 1. The largest absolute Gasteiger partial charge is 0.465 e. The van der Waals surface area contributed by atoms with Crippen molar-refractivity contribution in [3.05, 3.63) is 41.7 Å². The van der Waals surface area contributed by atoms with Gasteiger partial charge in [-0.1, -0.05) is 0 Å². The number of nitrogens with one attached hydrogen (secondary N) is 1. The van der Waals surface area contributed by atoms with Crippen LogP contribution in [0.1, 0.15) is 15.9 Å². The number of benzene rings is 1. The summed E-state index contributed by atoms with van der Waals surface area (Å²) in [6.45, 7) is 0.746. The summed E-state index contributed by atoms with van der Waals surface area (Å²) in [6, 6.07) is 5.23. The molecule has 3 N–H and O–H groups in total. The summed E-state index contributed by atoms with van der Waals surface area (Å²) in [4.78, 5) is 11.5. The van der Waals surface area contributed by atoms with E-state index < -0.39 is 5.97 Å². The molecule has 0 fully saturated rings. The van der Waals surface area contributed by atoms with Gasteiger partial charge in [0.1, 0.15) is 0 Å². The van der Waals surface area contributed by atoms with Crippen molar-refractivity contribution < 1.29 is 9.53 Å². The average molecular weight is 274 g/mol. The number of aromatic nitrogens is 2. The first-order chi connectivity index (χ1) is 9.60. The zero-order valence-corrected chi connectivity index (χ0v) is 11.6. The first-order valence-corrected chi connectivity index (χ1v) is 6.29. The van der Waals surface area contributed by atoms with Crippen molar-refractivity contribution >= 4 is 17.3 Å². The molecule has 6 nitrogen and oxygen atoms in total. The first-order valence-electron chi connectivity index (χ1n) is 6.29. The van der Waals surface area contributed by atoms with E-state index in [1.165, 1.54) is 7.11 Å². The number of aryl methyl sites for hydroxylation is 1. The second-order valence-corrected chi connectivity index (χ2v) is 4.49. The highest BCUT2D eigenvalue weighted by atomic mass is 16.5. The normalized spacial score (nSPS) is 10.3. The van der Waals surface area contributed by atoms with E-state index >= 15 is 0 Å². The highest BCUT2D eigenvalue weighted by Crippen LogP contribution is 2.18. The minimum atomic E-state index is -0.432. The van der Waals surface area contributed by atoms with E-state index in [9.17, 15) is 4.79 Å². The number of ether oxygens (including phenoxy) is 1. The van der Waals surface area contributed by atoms with Crippen LogP contribution < -0.4 is 11.1 Å². The Bertz CT molecular complexity index is 607. The second-order valence-electron chi connectivity index (χ2n) is 4.49. The average Bonchev–Trinajstić information content (AvgIpc) is 2.85. The molecule has 0 bridgehead atoms. The minimum absolute atomic E-state index is 0.374. The van der Waals surface area contributed by atoms with Crippen LogP contribution in [0.15, 0.2) is 30.6 Å². The molecule has 0 unspecified atom stereocenters. The van der Waals surface area contributed by atoms with Crippen molar-refractivity contribution in [3.63, 3.8) is 0 Å². The molecule has 0 radical (unpaired) electrons. The Morgan fingerprint density at radius 3 is 2.95 bits per heavy atom. The van der Waals surface area contributed by atoms with Crippen LogP contribution in [-0.4, -0.2) is 29.4 Å². The number of carbonyl (C=O) groups is 1. The van der Waals surface area contributed by atoms with Crippen molar-refractivity contribution in [1.29, 1.82) is 0 Å². The van der Waals surface area contributed by atoms with Gasteiger partial charge in [-0.25, -0.2) is 4.79 Å². The Morgan fingerprint density at radius 1 is 1.50 bits per heavy atom. The highest BCUT2D eigenvalue weighted by molar-refractivity contribution is 5.96. The fraction of sp³-hybridized carbons (Fsp3) is 0.286. The lowest BCUT2D eigenvalue weighted by molar-refractivity contribution is 0.0602. The number of anilines is 2. The quantitative estimate of drug-likeness (QED) is 0.637. The molecule has 1 aromatic carbocycles. The van der Waals surface area contributed by atoms with Crippen LogP contribution >= 0.6 is 0 Å². The molecule has 0 spiro atoms. The molecule has 0 saturated heterocycles. The van der Waals surface area contributed by atoms with E-state index in [1.807, 2.05) is 25.5 Å². The van der Waals surface area contributed by atoms with Crippen LogP contribution in [0.25, 0.3) is 0 Å². The smallest absolute Gasteiger partial charge is 0.340 e. The van der Waals surface area contributed by atoms with Crippen molar-refractivity contribution in [2.75, 3.05) is 24.7 Å². The maximum atomic E-state index is 11.5. The molecule has 1 aromatic heterocycles. The van der Waals surface area contributed by atoms with Gasteiger partial charge in [-0.05, 0) is 30.2 Å². The van der Waals surface area contributed by atoms with E-state index in [1.54, 1.807) is 16.8 Å². The molecule has 0 aliphatic carbocycles. The third-order valence-corrected chi connectivity index (χ3v) is 2.96. The summed E-state index contributed by atoms with van der Waals surface area (Å²) in [5, 5.41) is 7.36. The summed E-state index contributed by atoms with van der Waals surface area (Å²) in [7, 11) is 3.23. The van der Waals surface area contributed by atoms with Crippen LogP contribution in [0.2, 0.25) is 0 Å². The maximum Gasteiger partial charge on any atom is 0.340 e. The number of rotatable bonds is 5. The number of carbonyl (C=O) groups excluding carboxylic acids is 1. The van der Waals surface area contributed by atoms with E-state index in [0.29, 0.717) is 11.3 Å². The third-order valence-electron chi connectivity index (χ3n) is 2.96. The van der Waals surface area contributed by atoms with Crippen molar-refractivity contribution in [1.82, 2.24) is 9.78 Å². The zero-order valence-electron chi connectivity index (χ0n) is 11.6. The lowest BCUT2D eigenvalue weighted by atomic mass is 10.1. The molecule has 1 heterocycles. The molecule has 0 saturated carbocycles. The van der Waals surface area contributed by atoms with Gasteiger partial charge in [0.2, 0.25) is 0 Å². The molecule has 6 heteroatoms. The Hall–Kier alpha value is -2.50. The summed E-state index contributed by atoms with van der Waals surface area (Å²) in [6.07, 6.45) is 4.67. The summed E-state index contributed by atoms with van der Waals surface area (Å²) in [5.74, 6) is -0.432. The molecular weight excluding hydrogens is 256 g/mol. The SMILES string of the molecule is COC(=O)c1cc(NCCc2cnn(C)c2)ccc1N. The number of methoxy groups -OCH3 is 1. The van der Waals surface area contributed by atoms with Crippen molar-refractivity contribution in [3.8, 4) is 0 Å². The van der Waals surface area contributed by atoms with Gasteiger partial charge in [0.25, 0.3) is 0 Å². The van der Waals surface area contributed by atoms with Crippen molar-refractivity contribution in [2.45, 2.75) is 6.42 Å². The van der Waals surface area contributed by atoms with Crippen LogP contribution in [0.4, 0.5) is 11.4 Å². The monoisotopic (exact) mass is 274 g/mol. The Morgan fingerprint density at radius 2 is 2.30 bits per heavy atom. The third kappa shape index (κ3) is 3.28. The van der Waals surface area contributed by atoms with E-state index in [4.69, 9.17) is 10.5 Å². The Kier molecular flexibility index (Phi) is 4.24. The molecule has 0 aliphatic rings. The van der Waals surface area contributed by atoms with Gasteiger partial charge >= 0.3 is 5.97 Å². The molecule has 0 atom stereocenters. The molecule has 2 aromatic rings. The fourth-order valence-corrected chi connectivity index (χ4v) is 1.91. The number of esters is 1. The standard InChI is InChI=1S/C14H18N4O2/c1-18-9-10(8-17-18)5-6-16-11-3-4-13(15)12(7-11)14(19)20-2/h3-4,7-9,16H,5-6,15H2,1-2H3. The van der Waals surface area contributed by atoms with E-state index in [0.717, 1.165) is 24.2 Å². The predicted molar refractivity (Wildman–Crippen MR) is 77.6 cm³/mol. The first kappa shape index (κ1) is 13.9. The number of hydrogen-bond donors (Lipinski definition) is 2. The van der Waals surface area contributed by atoms with Gasteiger partial charge in [0, 0.05) is 31.2 Å². The zero-order chi connectivity index (χ0) is 14.5. The van der Waals surface area contributed by atoms with Crippen LogP contribution in [0, 0.1) is 0 Å². The molecular formula is C14H18N4O2. The van der Waals surface area contributed by atoms with Gasteiger partial charge in [0.15, 0.2) is 0 Å². The van der Waals surface area contributed by atoms with Gasteiger partial charge < -0.3 is 15.8 Å². The number of nitrogens with two attached hydrogens (primary N) is 1. The molecule has 20 heavy (non-hydrogen) atoms. The molecule has 0 amide bonds. The number of hydrogen-bond acceptors (Lipinski definition) is 5. The van der Waals surface area contributed by atoms with Crippen LogP contribution in [-0.2, 0) is 18.2 Å². The lowest BCUT2D eigenvalue weighted by Gasteiger charge is -2.09. The van der Waals surface area contributed by atoms with Gasteiger partial charge in [0.05, 0.1) is 18.9 Å².